The van der Waals surface area contributed by atoms with Gasteiger partial charge in [-0.25, -0.2) is 4.68 Å². The van der Waals surface area contributed by atoms with E-state index in [1.54, 1.807) is 6.20 Å². The molecule has 2 N–H and O–H groups in total. The summed E-state index contributed by atoms with van der Waals surface area (Å²) < 4.78 is 7.34. The predicted octanol–water partition coefficient (Wildman–Crippen LogP) is 2.58. The van der Waals surface area contributed by atoms with Crippen LogP contribution in [0, 0.1) is 23.2 Å². The Bertz CT molecular complexity index is 680. The molecule has 1 aromatic heterocycles. The van der Waals surface area contributed by atoms with E-state index >= 15 is 0 Å². The van der Waals surface area contributed by atoms with Crippen molar-refractivity contribution < 1.29 is 14.6 Å². The second kappa shape index (κ2) is 6.06. The normalized spacial score (nSPS) is 40.9. The fraction of sp³-hybridized carbons (Fsp3) is 0.800. The highest BCUT2D eigenvalue weighted by molar-refractivity contribution is 5.90. The molecule has 6 nitrogen and oxygen atoms in total. The van der Waals surface area contributed by atoms with Crippen LogP contribution in [0.3, 0.4) is 0 Å². The van der Waals surface area contributed by atoms with Gasteiger partial charge in [0.05, 0.1) is 18.4 Å². The summed E-state index contributed by atoms with van der Waals surface area (Å²) in [6, 6.07) is 1.88. The molecule has 1 amide bonds. The van der Waals surface area contributed by atoms with Crippen molar-refractivity contribution >= 4 is 11.7 Å². The van der Waals surface area contributed by atoms with Gasteiger partial charge in [-0.15, -0.1) is 0 Å². The molecule has 0 radical (unpaired) electrons. The van der Waals surface area contributed by atoms with Crippen molar-refractivity contribution in [2.24, 2.45) is 23.2 Å². The van der Waals surface area contributed by atoms with Crippen LogP contribution in [0.5, 0.6) is 0 Å². The summed E-state index contributed by atoms with van der Waals surface area (Å²) in [6.07, 6.45) is 9.50. The highest BCUT2D eigenvalue weighted by Crippen LogP contribution is 2.62. The van der Waals surface area contributed by atoms with Crippen molar-refractivity contribution in [3.63, 3.8) is 0 Å². The molecular formula is C20H29N3O3. The first-order chi connectivity index (χ1) is 12.5. The van der Waals surface area contributed by atoms with Crippen LogP contribution in [-0.4, -0.2) is 39.6 Å². The number of aliphatic hydroxyl groups is 1. The Hall–Kier alpha value is -1.40. The summed E-state index contributed by atoms with van der Waals surface area (Å²) in [5.74, 6) is 2.55. The summed E-state index contributed by atoms with van der Waals surface area (Å²) >= 11 is 0. The molecule has 1 aliphatic heterocycles. The zero-order valence-corrected chi connectivity index (χ0v) is 15.3. The van der Waals surface area contributed by atoms with Crippen LogP contribution in [-0.2, 0) is 16.1 Å². The molecule has 4 bridgehead atoms. The van der Waals surface area contributed by atoms with E-state index in [2.05, 4.69) is 10.4 Å². The van der Waals surface area contributed by atoms with Crippen molar-refractivity contribution in [1.29, 1.82) is 0 Å². The molecule has 26 heavy (non-hydrogen) atoms. The molecular weight excluding hydrogens is 330 g/mol. The van der Waals surface area contributed by atoms with Crippen molar-refractivity contribution in [3.05, 3.63) is 12.3 Å². The minimum absolute atomic E-state index is 0.00700. The number of ether oxygens (including phenoxy) is 1. The Kier molecular flexibility index (Phi) is 3.90. The first-order valence-electron chi connectivity index (χ1n) is 10.1. The molecule has 0 aromatic carbocycles. The van der Waals surface area contributed by atoms with Gasteiger partial charge in [-0.05, 0) is 62.2 Å². The van der Waals surface area contributed by atoms with E-state index < -0.39 is 5.60 Å². The number of nitrogens with one attached hydrogen (secondary N) is 1. The van der Waals surface area contributed by atoms with Gasteiger partial charge in [-0.2, -0.15) is 5.10 Å². The number of rotatable bonds is 5. The van der Waals surface area contributed by atoms with Crippen LogP contribution in [0.4, 0.5) is 5.82 Å². The van der Waals surface area contributed by atoms with Gasteiger partial charge in [0, 0.05) is 31.6 Å². The molecule has 4 saturated carbocycles. The number of aromatic nitrogens is 2. The second-order valence-corrected chi connectivity index (χ2v) is 9.54. The van der Waals surface area contributed by atoms with Gasteiger partial charge >= 0.3 is 0 Å². The minimum Gasteiger partial charge on any atom is -0.390 e. The lowest BCUT2D eigenvalue weighted by Gasteiger charge is -2.60. The second-order valence-electron chi connectivity index (χ2n) is 9.54. The molecule has 4 aliphatic carbocycles. The number of anilines is 1. The predicted molar refractivity (Wildman–Crippen MR) is 96.5 cm³/mol. The highest BCUT2D eigenvalue weighted by atomic mass is 16.5. The van der Waals surface area contributed by atoms with E-state index in [0.717, 1.165) is 64.1 Å². The first-order valence-corrected chi connectivity index (χ1v) is 10.1. The van der Waals surface area contributed by atoms with Gasteiger partial charge in [0.2, 0.25) is 5.91 Å². The topological polar surface area (TPSA) is 76.4 Å². The monoisotopic (exact) mass is 359 g/mol. The fourth-order valence-corrected chi connectivity index (χ4v) is 6.69. The molecule has 6 heteroatoms. The SMILES string of the molecule is O=C(CC12C[C@H]3C[C@@H](CC(O)(C3)C1)C2)Nc1ccnn1C[C@@H]1CCOC1. The summed E-state index contributed by atoms with van der Waals surface area (Å²) in [5.41, 5.74) is -0.498. The molecule has 1 saturated heterocycles. The van der Waals surface area contributed by atoms with Crippen LogP contribution in [0.15, 0.2) is 12.3 Å². The Morgan fingerprint density at radius 1 is 1.35 bits per heavy atom. The molecule has 6 rings (SSSR count). The van der Waals surface area contributed by atoms with Gasteiger partial charge in [0.15, 0.2) is 0 Å². The summed E-state index contributed by atoms with van der Waals surface area (Å²) in [6.45, 7) is 2.39. The smallest absolute Gasteiger partial charge is 0.226 e. The maximum absolute atomic E-state index is 12.8. The lowest BCUT2D eigenvalue weighted by atomic mass is 9.47. The molecule has 2 heterocycles. The number of carbonyl (C=O) groups excluding carboxylic acids is 1. The molecule has 5 fully saturated rings. The van der Waals surface area contributed by atoms with Crippen LogP contribution in [0.25, 0.3) is 0 Å². The Morgan fingerprint density at radius 3 is 2.85 bits per heavy atom. The van der Waals surface area contributed by atoms with Gasteiger partial charge in [0.1, 0.15) is 5.82 Å². The van der Waals surface area contributed by atoms with Crippen LogP contribution < -0.4 is 5.32 Å². The third kappa shape index (κ3) is 3.07. The van der Waals surface area contributed by atoms with Gasteiger partial charge in [-0.3, -0.25) is 4.79 Å². The number of hydrogen-bond acceptors (Lipinski definition) is 4. The number of nitrogens with zero attached hydrogens (tertiary/aromatic N) is 2. The van der Waals surface area contributed by atoms with Gasteiger partial charge in [0.25, 0.3) is 0 Å². The summed E-state index contributed by atoms with van der Waals surface area (Å²) in [7, 11) is 0. The van der Waals surface area contributed by atoms with Crippen LogP contribution in [0.1, 0.15) is 51.4 Å². The highest BCUT2D eigenvalue weighted by Gasteiger charge is 2.57. The molecule has 142 valence electrons. The van der Waals surface area contributed by atoms with Crippen molar-refractivity contribution in [3.8, 4) is 0 Å². The lowest BCUT2D eigenvalue weighted by Crippen LogP contribution is -2.56. The maximum Gasteiger partial charge on any atom is 0.226 e. The van der Waals surface area contributed by atoms with E-state index in [-0.39, 0.29) is 11.3 Å². The third-order valence-electron chi connectivity index (χ3n) is 7.13. The fourth-order valence-electron chi connectivity index (χ4n) is 6.69. The zero-order valence-electron chi connectivity index (χ0n) is 15.3. The largest absolute Gasteiger partial charge is 0.390 e. The average molecular weight is 359 g/mol. The molecule has 3 atom stereocenters. The van der Waals surface area contributed by atoms with Gasteiger partial charge in [-0.1, -0.05) is 0 Å². The third-order valence-corrected chi connectivity index (χ3v) is 7.13. The Balaban J connectivity index is 1.25. The van der Waals surface area contributed by atoms with Crippen LogP contribution >= 0.6 is 0 Å². The van der Waals surface area contributed by atoms with Crippen LogP contribution in [0.2, 0.25) is 0 Å². The lowest BCUT2D eigenvalue weighted by molar-refractivity contribution is -0.167. The molecule has 5 aliphatic rings. The Labute approximate surface area is 154 Å². The first kappa shape index (κ1) is 16.8. The van der Waals surface area contributed by atoms with E-state index in [0.29, 0.717) is 24.2 Å². The van der Waals surface area contributed by atoms with Crippen molar-refractivity contribution in [2.45, 2.75) is 63.5 Å². The summed E-state index contributed by atoms with van der Waals surface area (Å²) in [5, 5.41) is 18.4. The van der Waals surface area contributed by atoms with E-state index in [4.69, 9.17) is 4.74 Å². The van der Waals surface area contributed by atoms with E-state index in [1.807, 2.05) is 10.7 Å². The summed E-state index contributed by atoms with van der Waals surface area (Å²) in [4.78, 5) is 12.8. The maximum atomic E-state index is 12.8. The number of carbonyl (C=O) groups is 1. The van der Waals surface area contributed by atoms with E-state index in [1.165, 1.54) is 6.42 Å². The van der Waals surface area contributed by atoms with Gasteiger partial charge < -0.3 is 15.2 Å². The minimum atomic E-state index is -0.505. The standard InChI is InChI=1S/C20H29N3O3/c24-18(22-17-1-3-21-23(17)11-14-2-4-26-12-14)10-19-6-15-5-16(7-19)9-20(25,8-15)13-19/h1,3,14-16,25H,2,4-13H2,(H,22,24)/t14-,15+,16+,19?,20?/m0/s1. The zero-order chi connectivity index (χ0) is 17.8. The van der Waals surface area contributed by atoms with E-state index in [9.17, 15) is 9.90 Å². The Morgan fingerprint density at radius 2 is 2.15 bits per heavy atom. The molecule has 0 spiro atoms. The quantitative estimate of drug-likeness (QED) is 0.847. The number of hydrogen-bond donors (Lipinski definition) is 2. The number of amides is 1. The molecule has 1 aromatic rings. The average Bonchev–Trinajstić information content (AvgIpc) is 3.17. The van der Waals surface area contributed by atoms with Crippen molar-refractivity contribution in [2.75, 3.05) is 18.5 Å². The molecule has 0 unspecified atom stereocenters. The van der Waals surface area contributed by atoms with Crippen molar-refractivity contribution in [1.82, 2.24) is 9.78 Å².